The largest absolute Gasteiger partial charge is 0.377 e. The molecule has 4 rings (SSSR count). The number of rotatable bonds is 6. The van der Waals surface area contributed by atoms with E-state index >= 15 is 0 Å². The van der Waals surface area contributed by atoms with Crippen LogP contribution >= 0.6 is 0 Å². The number of aryl methyl sites for hydroxylation is 1. The molecule has 3 aromatic rings. The molecule has 4 heteroatoms. The molecular formula is C27H30N2O2. The second-order valence-electron chi connectivity index (χ2n) is 8.21. The van der Waals surface area contributed by atoms with Gasteiger partial charge in [0.05, 0.1) is 6.61 Å². The lowest BCUT2D eigenvalue weighted by molar-refractivity contribution is 0.0705. The second-order valence-corrected chi connectivity index (χ2v) is 8.21. The van der Waals surface area contributed by atoms with Crippen LogP contribution in [0.3, 0.4) is 0 Å². The highest BCUT2D eigenvalue weighted by Crippen LogP contribution is 2.30. The molecule has 31 heavy (non-hydrogen) atoms. The first-order chi connectivity index (χ1) is 15.1. The maximum absolute atomic E-state index is 13.1. The third kappa shape index (κ3) is 5.20. The van der Waals surface area contributed by atoms with Crippen LogP contribution < -0.4 is 0 Å². The van der Waals surface area contributed by atoms with Crippen LogP contribution in [-0.4, -0.2) is 35.5 Å². The van der Waals surface area contributed by atoms with E-state index in [1.165, 1.54) is 11.1 Å². The van der Waals surface area contributed by atoms with E-state index in [1.807, 2.05) is 49.1 Å². The number of hydrogen-bond acceptors (Lipinski definition) is 3. The van der Waals surface area contributed by atoms with E-state index in [9.17, 15) is 4.79 Å². The highest BCUT2D eigenvalue weighted by molar-refractivity contribution is 5.94. The average molecular weight is 415 g/mol. The fourth-order valence-corrected chi connectivity index (χ4v) is 4.25. The molecule has 1 aromatic heterocycles. The van der Waals surface area contributed by atoms with Gasteiger partial charge < -0.3 is 9.64 Å². The van der Waals surface area contributed by atoms with E-state index in [0.717, 1.165) is 41.9 Å². The third-order valence-electron chi connectivity index (χ3n) is 5.88. The molecule has 0 unspecified atom stereocenters. The Bertz CT molecular complexity index is 1020. The fourth-order valence-electron chi connectivity index (χ4n) is 4.25. The quantitative estimate of drug-likeness (QED) is 0.526. The minimum absolute atomic E-state index is 0.101. The zero-order chi connectivity index (χ0) is 21.6. The number of pyridine rings is 1. The minimum atomic E-state index is 0.101. The van der Waals surface area contributed by atoms with Crippen molar-refractivity contribution in [3.63, 3.8) is 0 Å². The molecule has 0 spiro atoms. The molecule has 1 aliphatic rings. The molecule has 1 aliphatic heterocycles. The number of likely N-dealkylation sites (tertiary alicyclic amines) is 1. The van der Waals surface area contributed by atoms with Crippen LogP contribution in [0.1, 0.15) is 53.0 Å². The summed E-state index contributed by atoms with van der Waals surface area (Å²) in [6, 6.07) is 22.5. The van der Waals surface area contributed by atoms with Crippen LogP contribution in [-0.2, 0) is 11.3 Å². The van der Waals surface area contributed by atoms with Gasteiger partial charge in [0.25, 0.3) is 5.91 Å². The van der Waals surface area contributed by atoms with Crippen molar-refractivity contribution in [3.05, 3.63) is 89.2 Å². The molecule has 0 radical (unpaired) electrons. The SMILES string of the molecule is CCOCc1ccc(C(=O)N2CCC[C@@H](c3cc(-c4ccccc4)cc(C)n3)C2)cc1. The minimum Gasteiger partial charge on any atom is -0.377 e. The molecule has 2 heterocycles. The van der Waals surface area contributed by atoms with Crippen LogP contribution in [0.2, 0.25) is 0 Å². The van der Waals surface area contributed by atoms with Crippen molar-refractivity contribution in [2.45, 2.75) is 39.2 Å². The van der Waals surface area contributed by atoms with Crippen molar-refractivity contribution in [2.24, 2.45) is 0 Å². The number of carbonyl (C=O) groups is 1. The Morgan fingerprint density at radius 3 is 2.58 bits per heavy atom. The molecule has 1 atom stereocenters. The Kier molecular flexibility index (Phi) is 6.78. The first kappa shape index (κ1) is 21.3. The first-order valence-electron chi connectivity index (χ1n) is 11.1. The van der Waals surface area contributed by atoms with E-state index < -0.39 is 0 Å². The number of amides is 1. The Morgan fingerprint density at radius 2 is 1.84 bits per heavy atom. The number of aromatic nitrogens is 1. The first-order valence-corrected chi connectivity index (χ1v) is 11.1. The summed E-state index contributed by atoms with van der Waals surface area (Å²) in [5, 5.41) is 0. The zero-order valence-electron chi connectivity index (χ0n) is 18.4. The van der Waals surface area contributed by atoms with Crippen LogP contribution in [0.15, 0.2) is 66.7 Å². The zero-order valence-corrected chi connectivity index (χ0v) is 18.4. The van der Waals surface area contributed by atoms with Crippen LogP contribution in [0.25, 0.3) is 11.1 Å². The number of ether oxygens (including phenoxy) is 1. The fraction of sp³-hybridized carbons (Fsp3) is 0.333. The van der Waals surface area contributed by atoms with Gasteiger partial charge in [0.1, 0.15) is 0 Å². The average Bonchev–Trinajstić information content (AvgIpc) is 2.83. The Labute approximate surface area is 184 Å². The second kappa shape index (κ2) is 9.88. The Morgan fingerprint density at radius 1 is 1.06 bits per heavy atom. The van der Waals surface area contributed by atoms with E-state index in [-0.39, 0.29) is 11.8 Å². The standard InChI is InChI=1S/C27H30N2O2/c1-3-31-19-21-11-13-23(14-12-21)27(30)29-15-7-10-24(18-29)26-17-25(16-20(2)28-26)22-8-5-4-6-9-22/h4-6,8-9,11-14,16-17,24H,3,7,10,15,18-19H2,1-2H3/t24-/m1/s1. The maximum Gasteiger partial charge on any atom is 0.253 e. The summed E-state index contributed by atoms with van der Waals surface area (Å²) in [6.07, 6.45) is 2.05. The van der Waals surface area contributed by atoms with E-state index in [4.69, 9.17) is 9.72 Å². The van der Waals surface area contributed by atoms with Crippen LogP contribution in [0.4, 0.5) is 0 Å². The molecule has 0 bridgehead atoms. The maximum atomic E-state index is 13.1. The van der Waals surface area contributed by atoms with E-state index in [2.05, 4.69) is 36.4 Å². The van der Waals surface area contributed by atoms with Gasteiger partial charge in [-0.25, -0.2) is 0 Å². The van der Waals surface area contributed by atoms with Gasteiger partial charge in [0, 0.05) is 42.6 Å². The van der Waals surface area contributed by atoms with Gasteiger partial charge in [-0.05, 0) is 67.6 Å². The summed E-state index contributed by atoms with van der Waals surface area (Å²) in [4.78, 5) is 20.0. The van der Waals surface area contributed by atoms with Crippen molar-refractivity contribution in [1.82, 2.24) is 9.88 Å². The molecule has 0 saturated carbocycles. The topological polar surface area (TPSA) is 42.4 Å². The lowest BCUT2D eigenvalue weighted by atomic mass is 9.91. The molecule has 1 saturated heterocycles. The number of nitrogens with zero attached hydrogens (tertiary/aromatic N) is 2. The van der Waals surface area contributed by atoms with Gasteiger partial charge >= 0.3 is 0 Å². The van der Waals surface area contributed by atoms with E-state index in [1.54, 1.807) is 0 Å². The molecule has 0 aliphatic carbocycles. The smallest absolute Gasteiger partial charge is 0.253 e. The number of carbonyl (C=O) groups excluding carboxylic acids is 1. The van der Waals surface area contributed by atoms with Gasteiger partial charge in [0.15, 0.2) is 0 Å². The summed E-state index contributed by atoms with van der Waals surface area (Å²) in [6.45, 7) is 6.81. The lowest BCUT2D eigenvalue weighted by Crippen LogP contribution is -2.39. The van der Waals surface area contributed by atoms with Gasteiger partial charge in [-0.3, -0.25) is 9.78 Å². The molecule has 2 aromatic carbocycles. The predicted octanol–water partition coefficient (Wildman–Crippen LogP) is 5.61. The highest BCUT2D eigenvalue weighted by atomic mass is 16.5. The highest BCUT2D eigenvalue weighted by Gasteiger charge is 2.26. The van der Waals surface area contributed by atoms with Gasteiger partial charge in [-0.2, -0.15) is 0 Å². The summed E-state index contributed by atoms with van der Waals surface area (Å²) in [7, 11) is 0. The van der Waals surface area contributed by atoms with Crippen molar-refractivity contribution >= 4 is 5.91 Å². The monoisotopic (exact) mass is 414 g/mol. The lowest BCUT2D eigenvalue weighted by Gasteiger charge is -2.33. The molecule has 4 nitrogen and oxygen atoms in total. The Balaban J connectivity index is 1.50. The van der Waals surface area contributed by atoms with Gasteiger partial charge in [-0.1, -0.05) is 42.5 Å². The summed E-state index contributed by atoms with van der Waals surface area (Å²) >= 11 is 0. The van der Waals surface area contributed by atoms with Gasteiger partial charge in [0.2, 0.25) is 0 Å². The molecule has 1 fully saturated rings. The number of benzene rings is 2. The summed E-state index contributed by atoms with van der Waals surface area (Å²) in [5.74, 6) is 0.362. The van der Waals surface area contributed by atoms with Crippen molar-refractivity contribution in [1.29, 1.82) is 0 Å². The number of piperidine rings is 1. The summed E-state index contributed by atoms with van der Waals surface area (Å²) < 4.78 is 5.45. The third-order valence-corrected chi connectivity index (χ3v) is 5.88. The molecule has 160 valence electrons. The molecule has 1 amide bonds. The van der Waals surface area contributed by atoms with Gasteiger partial charge in [-0.15, -0.1) is 0 Å². The van der Waals surface area contributed by atoms with Crippen LogP contribution in [0.5, 0.6) is 0 Å². The van der Waals surface area contributed by atoms with Crippen molar-refractivity contribution in [2.75, 3.05) is 19.7 Å². The normalized spacial score (nSPS) is 16.3. The summed E-state index contributed by atoms with van der Waals surface area (Å²) in [5.41, 5.74) is 6.32. The molecule has 0 N–H and O–H groups in total. The number of hydrogen-bond donors (Lipinski definition) is 0. The van der Waals surface area contributed by atoms with Crippen LogP contribution in [0, 0.1) is 6.92 Å². The molecular weight excluding hydrogens is 384 g/mol. The van der Waals surface area contributed by atoms with Crippen molar-refractivity contribution in [3.8, 4) is 11.1 Å². The predicted molar refractivity (Wildman–Crippen MR) is 124 cm³/mol. The van der Waals surface area contributed by atoms with Crippen molar-refractivity contribution < 1.29 is 9.53 Å². The van der Waals surface area contributed by atoms with E-state index in [0.29, 0.717) is 19.8 Å². The Hall–Kier alpha value is -2.98.